The number of carboxylic acid groups (broad SMARTS) is 1. The number of carbonyl (C=O) groups excluding carboxylic acids is 1. The van der Waals surface area contributed by atoms with E-state index in [1.807, 2.05) is 0 Å². The van der Waals surface area contributed by atoms with Crippen LogP contribution < -0.4 is 5.32 Å². The molecular weight excluding hydrogens is 291 g/mol. The third-order valence-electron chi connectivity index (χ3n) is 2.69. The normalized spacial score (nSPS) is 12.0. The SMILES string of the molecule is COCCCC(NC(=O)c1cc(F)c(F)c(F)c1)C(=O)O. The maximum Gasteiger partial charge on any atom is 0.326 e. The zero-order valence-corrected chi connectivity index (χ0v) is 11.2. The van der Waals surface area contributed by atoms with Crippen molar-refractivity contribution >= 4 is 11.9 Å². The average molecular weight is 305 g/mol. The maximum absolute atomic E-state index is 13.0. The first kappa shape index (κ1) is 17.0. The van der Waals surface area contributed by atoms with Crippen LogP contribution in [-0.4, -0.2) is 36.7 Å². The van der Waals surface area contributed by atoms with E-state index in [4.69, 9.17) is 9.84 Å². The molecule has 1 rings (SSSR count). The number of ether oxygens (including phenoxy) is 1. The predicted octanol–water partition coefficient (Wildman–Crippen LogP) is 1.71. The van der Waals surface area contributed by atoms with Crippen molar-refractivity contribution < 1.29 is 32.6 Å². The molecule has 0 spiro atoms. The van der Waals surface area contributed by atoms with Crippen molar-refractivity contribution in [1.29, 1.82) is 0 Å². The monoisotopic (exact) mass is 305 g/mol. The molecule has 0 aromatic heterocycles. The predicted molar refractivity (Wildman–Crippen MR) is 66.3 cm³/mol. The van der Waals surface area contributed by atoms with E-state index in [0.29, 0.717) is 25.2 Å². The summed E-state index contributed by atoms with van der Waals surface area (Å²) in [5.41, 5.74) is -0.496. The number of halogens is 3. The van der Waals surface area contributed by atoms with Gasteiger partial charge in [0.2, 0.25) is 0 Å². The zero-order valence-electron chi connectivity index (χ0n) is 11.2. The molecule has 0 saturated heterocycles. The Labute approximate surface area is 118 Å². The van der Waals surface area contributed by atoms with Crippen LogP contribution in [0.4, 0.5) is 13.2 Å². The third-order valence-corrected chi connectivity index (χ3v) is 2.69. The molecule has 116 valence electrons. The highest BCUT2D eigenvalue weighted by molar-refractivity contribution is 5.96. The van der Waals surface area contributed by atoms with Gasteiger partial charge in [-0.15, -0.1) is 0 Å². The molecule has 0 heterocycles. The van der Waals surface area contributed by atoms with E-state index in [-0.39, 0.29) is 6.42 Å². The number of amides is 1. The van der Waals surface area contributed by atoms with Gasteiger partial charge in [-0.1, -0.05) is 0 Å². The fourth-order valence-corrected chi connectivity index (χ4v) is 1.62. The van der Waals surface area contributed by atoms with Crippen LogP contribution in [0.2, 0.25) is 0 Å². The highest BCUT2D eigenvalue weighted by Crippen LogP contribution is 2.14. The second-order valence-corrected chi connectivity index (χ2v) is 4.25. The Morgan fingerprint density at radius 1 is 1.29 bits per heavy atom. The van der Waals surface area contributed by atoms with E-state index in [0.717, 1.165) is 0 Å². The topological polar surface area (TPSA) is 75.6 Å². The Bertz CT molecular complexity index is 513. The standard InChI is InChI=1S/C13H14F3NO4/c1-21-4-2-3-10(13(19)20)17-12(18)7-5-8(14)11(16)9(15)6-7/h5-6,10H,2-4H2,1H3,(H,17,18)(H,19,20). The summed E-state index contributed by atoms with van der Waals surface area (Å²) in [6.45, 7) is 0.305. The van der Waals surface area contributed by atoms with Gasteiger partial charge >= 0.3 is 5.97 Å². The van der Waals surface area contributed by atoms with E-state index in [1.54, 1.807) is 0 Å². The molecule has 1 atom stereocenters. The van der Waals surface area contributed by atoms with Crippen molar-refractivity contribution in [2.75, 3.05) is 13.7 Å². The summed E-state index contributed by atoms with van der Waals surface area (Å²) < 4.78 is 43.6. The third kappa shape index (κ3) is 4.75. The van der Waals surface area contributed by atoms with Gasteiger partial charge in [-0.25, -0.2) is 18.0 Å². The van der Waals surface area contributed by atoms with Crippen molar-refractivity contribution in [2.45, 2.75) is 18.9 Å². The van der Waals surface area contributed by atoms with Gasteiger partial charge in [0.1, 0.15) is 6.04 Å². The number of nitrogens with one attached hydrogen (secondary N) is 1. The summed E-state index contributed by atoms with van der Waals surface area (Å²) in [7, 11) is 1.44. The molecule has 0 aliphatic rings. The van der Waals surface area contributed by atoms with Crippen molar-refractivity contribution in [3.8, 4) is 0 Å². The van der Waals surface area contributed by atoms with E-state index >= 15 is 0 Å². The Morgan fingerprint density at radius 2 is 1.86 bits per heavy atom. The molecule has 0 saturated carbocycles. The molecule has 0 aliphatic carbocycles. The molecule has 2 N–H and O–H groups in total. The summed E-state index contributed by atoms with van der Waals surface area (Å²) in [4.78, 5) is 22.7. The summed E-state index contributed by atoms with van der Waals surface area (Å²) >= 11 is 0. The minimum absolute atomic E-state index is 0.0844. The zero-order chi connectivity index (χ0) is 16.0. The smallest absolute Gasteiger partial charge is 0.326 e. The molecule has 0 aliphatic heterocycles. The molecule has 8 heteroatoms. The van der Waals surface area contributed by atoms with Crippen molar-refractivity contribution in [3.05, 3.63) is 35.1 Å². The highest BCUT2D eigenvalue weighted by Gasteiger charge is 2.22. The fourth-order valence-electron chi connectivity index (χ4n) is 1.62. The second kappa shape index (κ2) is 7.63. The van der Waals surface area contributed by atoms with Gasteiger partial charge in [0.05, 0.1) is 0 Å². The van der Waals surface area contributed by atoms with Gasteiger partial charge in [0.15, 0.2) is 17.5 Å². The number of carbonyl (C=O) groups is 2. The first-order valence-corrected chi connectivity index (χ1v) is 6.04. The summed E-state index contributed by atoms with van der Waals surface area (Å²) in [6.07, 6.45) is 0.459. The second-order valence-electron chi connectivity index (χ2n) is 4.25. The molecule has 1 aromatic rings. The fraction of sp³-hybridized carbons (Fsp3) is 0.385. The molecule has 0 fully saturated rings. The quantitative estimate of drug-likeness (QED) is 0.594. The molecule has 21 heavy (non-hydrogen) atoms. The van der Waals surface area contributed by atoms with Crippen molar-refractivity contribution in [2.24, 2.45) is 0 Å². The first-order chi connectivity index (χ1) is 9.86. The van der Waals surface area contributed by atoms with Gasteiger partial charge in [0, 0.05) is 19.3 Å². The molecule has 1 amide bonds. The number of hydrogen-bond donors (Lipinski definition) is 2. The summed E-state index contributed by atoms with van der Waals surface area (Å²) in [5.74, 6) is -7.03. The van der Waals surface area contributed by atoms with Crippen LogP contribution in [0.1, 0.15) is 23.2 Å². The number of methoxy groups -OCH3 is 1. The minimum Gasteiger partial charge on any atom is -0.480 e. The molecule has 1 aromatic carbocycles. The number of rotatable bonds is 7. The lowest BCUT2D eigenvalue weighted by atomic mass is 10.1. The Balaban J connectivity index is 2.80. The van der Waals surface area contributed by atoms with Gasteiger partial charge in [0.25, 0.3) is 5.91 Å². The number of hydrogen-bond acceptors (Lipinski definition) is 3. The molecule has 1 unspecified atom stereocenters. The minimum atomic E-state index is -1.69. The van der Waals surface area contributed by atoms with E-state index in [1.165, 1.54) is 7.11 Å². The Morgan fingerprint density at radius 3 is 2.33 bits per heavy atom. The summed E-state index contributed by atoms with van der Waals surface area (Å²) in [6, 6.07) is -0.229. The van der Waals surface area contributed by atoms with Crippen LogP contribution in [0.3, 0.4) is 0 Å². The molecule has 0 bridgehead atoms. The first-order valence-electron chi connectivity index (χ1n) is 6.04. The van der Waals surface area contributed by atoms with Gasteiger partial charge < -0.3 is 15.2 Å². The van der Waals surface area contributed by atoms with E-state index in [9.17, 15) is 22.8 Å². The maximum atomic E-state index is 13.0. The Hall–Kier alpha value is -2.09. The number of aliphatic carboxylic acids is 1. The van der Waals surface area contributed by atoms with Crippen LogP contribution in [0, 0.1) is 17.5 Å². The largest absolute Gasteiger partial charge is 0.480 e. The highest BCUT2D eigenvalue weighted by atomic mass is 19.2. The molecular formula is C13H14F3NO4. The van der Waals surface area contributed by atoms with Crippen LogP contribution in [0.15, 0.2) is 12.1 Å². The van der Waals surface area contributed by atoms with Crippen LogP contribution >= 0.6 is 0 Å². The van der Waals surface area contributed by atoms with Crippen molar-refractivity contribution in [1.82, 2.24) is 5.32 Å². The number of carboxylic acids is 1. The molecule has 5 nitrogen and oxygen atoms in total. The van der Waals surface area contributed by atoms with Crippen LogP contribution in [0.25, 0.3) is 0 Å². The number of benzene rings is 1. The van der Waals surface area contributed by atoms with E-state index in [2.05, 4.69) is 5.32 Å². The molecule has 0 radical (unpaired) electrons. The van der Waals surface area contributed by atoms with Crippen LogP contribution in [-0.2, 0) is 9.53 Å². The van der Waals surface area contributed by atoms with Gasteiger partial charge in [-0.2, -0.15) is 0 Å². The van der Waals surface area contributed by atoms with Crippen LogP contribution in [0.5, 0.6) is 0 Å². The average Bonchev–Trinajstić information content (AvgIpc) is 2.42. The van der Waals surface area contributed by atoms with E-state index < -0.39 is 40.9 Å². The van der Waals surface area contributed by atoms with Gasteiger partial charge in [-0.05, 0) is 25.0 Å². The van der Waals surface area contributed by atoms with Gasteiger partial charge in [-0.3, -0.25) is 4.79 Å². The lowest BCUT2D eigenvalue weighted by Gasteiger charge is -2.14. The lowest BCUT2D eigenvalue weighted by Crippen LogP contribution is -2.41. The Kier molecular flexibility index (Phi) is 6.16. The lowest BCUT2D eigenvalue weighted by molar-refractivity contribution is -0.139. The summed E-state index contributed by atoms with van der Waals surface area (Å²) in [5, 5.41) is 11.1. The van der Waals surface area contributed by atoms with Crippen molar-refractivity contribution in [3.63, 3.8) is 0 Å².